The predicted octanol–water partition coefficient (Wildman–Crippen LogP) is 1.82. The summed E-state index contributed by atoms with van der Waals surface area (Å²) in [7, 11) is 4.74. The SMILES string of the molecule is COc1ccc(N=C(N)NC(=O)c2ccc(C(=O)N(C)C)nc2)cc1Cl. The molecule has 2 rings (SSSR count). The number of methoxy groups -OCH3 is 1. The van der Waals surface area contributed by atoms with Crippen molar-refractivity contribution in [2.45, 2.75) is 0 Å². The van der Waals surface area contributed by atoms with E-state index in [0.717, 1.165) is 0 Å². The molecule has 0 fully saturated rings. The van der Waals surface area contributed by atoms with E-state index in [0.29, 0.717) is 16.5 Å². The topological polar surface area (TPSA) is 110 Å². The van der Waals surface area contributed by atoms with Crippen molar-refractivity contribution in [3.05, 3.63) is 52.8 Å². The Kier molecular flexibility index (Phi) is 6.13. The molecule has 1 aromatic heterocycles. The summed E-state index contributed by atoms with van der Waals surface area (Å²) in [6, 6.07) is 7.79. The molecular weight excluding hydrogens is 358 g/mol. The average molecular weight is 376 g/mol. The molecule has 0 atom stereocenters. The lowest BCUT2D eigenvalue weighted by Crippen LogP contribution is -2.36. The van der Waals surface area contributed by atoms with Gasteiger partial charge in [0.15, 0.2) is 0 Å². The van der Waals surface area contributed by atoms with Gasteiger partial charge in [-0.1, -0.05) is 11.6 Å². The maximum absolute atomic E-state index is 12.2. The first-order valence-corrected chi connectivity index (χ1v) is 7.86. The summed E-state index contributed by atoms with van der Waals surface area (Å²) < 4.78 is 5.05. The lowest BCUT2D eigenvalue weighted by atomic mass is 10.2. The minimum Gasteiger partial charge on any atom is -0.495 e. The molecule has 0 aliphatic heterocycles. The highest BCUT2D eigenvalue weighted by Crippen LogP contribution is 2.28. The van der Waals surface area contributed by atoms with E-state index in [1.165, 1.54) is 30.3 Å². The minimum absolute atomic E-state index is 0.107. The molecule has 9 heteroatoms. The van der Waals surface area contributed by atoms with Crippen LogP contribution in [0.2, 0.25) is 5.02 Å². The standard InChI is InChI=1S/C17H18ClN5O3/c1-23(2)16(25)13-6-4-10(9-20-13)15(24)22-17(19)21-11-5-7-14(26-3)12(18)8-11/h4-9H,1-3H3,(H3,19,21,22,24). The summed E-state index contributed by atoms with van der Waals surface area (Å²) in [5.41, 5.74) is 6.68. The first-order valence-electron chi connectivity index (χ1n) is 7.48. The van der Waals surface area contributed by atoms with Gasteiger partial charge < -0.3 is 15.4 Å². The molecule has 0 unspecified atom stereocenters. The van der Waals surface area contributed by atoms with Gasteiger partial charge in [-0.3, -0.25) is 19.9 Å². The van der Waals surface area contributed by atoms with Crippen molar-refractivity contribution >= 4 is 35.1 Å². The van der Waals surface area contributed by atoms with Crippen molar-refractivity contribution in [2.75, 3.05) is 21.2 Å². The number of hydrogen-bond donors (Lipinski definition) is 2. The Morgan fingerprint density at radius 2 is 2.00 bits per heavy atom. The fraction of sp³-hybridized carbons (Fsp3) is 0.176. The van der Waals surface area contributed by atoms with Crippen LogP contribution in [0.4, 0.5) is 5.69 Å². The summed E-state index contributed by atoms with van der Waals surface area (Å²) >= 11 is 6.02. The number of hydrogen-bond acceptors (Lipinski definition) is 5. The summed E-state index contributed by atoms with van der Waals surface area (Å²) in [6.45, 7) is 0. The van der Waals surface area contributed by atoms with Crippen LogP contribution >= 0.6 is 11.6 Å². The number of carbonyl (C=O) groups excluding carboxylic acids is 2. The molecule has 0 aliphatic carbocycles. The van der Waals surface area contributed by atoms with Crippen molar-refractivity contribution in [1.29, 1.82) is 0 Å². The zero-order valence-electron chi connectivity index (χ0n) is 14.5. The van der Waals surface area contributed by atoms with Crippen molar-refractivity contribution in [3.8, 4) is 5.75 Å². The Labute approximate surface area is 155 Å². The van der Waals surface area contributed by atoms with Crippen LogP contribution < -0.4 is 15.8 Å². The van der Waals surface area contributed by atoms with Crippen molar-refractivity contribution in [2.24, 2.45) is 10.7 Å². The zero-order valence-corrected chi connectivity index (χ0v) is 15.2. The van der Waals surface area contributed by atoms with Gasteiger partial charge in [-0.15, -0.1) is 0 Å². The van der Waals surface area contributed by atoms with Crippen LogP contribution in [-0.4, -0.2) is 48.9 Å². The molecule has 3 N–H and O–H groups in total. The van der Waals surface area contributed by atoms with Gasteiger partial charge in [-0.05, 0) is 30.3 Å². The van der Waals surface area contributed by atoms with E-state index >= 15 is 0 Å². The zero-order chi connectivity index (χ0) is 19.3. The fourth-order valence-corrected chi connectivity index (χ4v) is 2.22. The number of nitrogens with two attached hydrogens (primary N) is 1. The predicted molar refractivity (Wildman–Crippen MR) is 99.0 cm³/mol. The van der Waals surface area contributed by atoms with Crippen LogP contribution in [0.15, 0.2) is 41.5 Å². The van der Waals surface area contributed by atoms with Gasteiger partial charge >= 0.3 is 0 Å². The molecule has 2 amide bonds. The maximum atomic E-state index is 12.2. The van der Waals surface area contributed by atoms with Crippen LogP contribution in [0.3, 0.4) is 0 Å². The van der Waals surface area contributed by atoms with Gasteiger partial charge in [0.05, 0.1) is 23.4 Å². The Bertz CT molecular complexity index is 850. The van der Waals surface area contributed by atoms with Crippen LogP contribution in [0.1, 0.15) is 20.8 Å². The molecule has 26 heavy (non-hydrogen) atoms. The number of ether oxygens (including phenoxy) is 1. The first-order chi connectivity index (χ1) is 12.3. The van der Waals surface area contributed by atoms with E-state index in [1.807, 2.05) is 0 Å². The largest absolute Gasteiger partial charge is 0.495 e. The summed E-state index contributed by atoms with van der Waals surface area (Å²) in [4.78, 5) is 33.4. The number of amides is 2. The molecule has 0 saturated carbocycles. The Balaban J connectivity index is 2.08. The molecule has 0 aliphatic rings. The smallest absolute Gasteiger partial charge is 0.271 e. The Morgan fingerprint density at radius 1 is 1.27 bits per heavy atom. The van der Waals surface area contributed by atoms with Crippen LogP contribution in [0.25, 0.3) is 0 Å². The third-order valence-electron chi connectivity index (χ3n) is 3.28. The quantitative estimate of drug-likeness (QED) is 0.625. The van der Waals surface area contributed by atoms with Gasteiger partial charge in [0.2, 0.25) is 5.96 Å². The Hall–Kier alpha value is -3.13. The molecule has 1 aromatic carbocycles. The van der Waals surface area contributed by atoms with E-state index < -0.39 is 5.91 Å². The Morgan fingerprint density at radius 3 is 2.54 bits per heavy atom. The highest BCUT2D eigenvalue weighted by molar-refractivity contribution is 6.32. The van der Waals surface area contributed by atoms with Crippen LogP contribution in [0, 0.1) is 0 Å². The molecule has 2 aromatic rings. The summed E-state index contributed by atoms with van der Waals surface area (Å²) in [5, 5.41) is 2.82. The van der Waals surface area contributed by atoms with E-state index in [-0.39, 0.29) is 23.1 Å². The van der Waals surface area contributed by atoms with Gasteiger partial charge in [-0.2, -0.15) is 0 Å². The fourth-order valence-electron chi connectivity index (χ4n) is 1.96. The van der Waals surface area contributed by atoms with Gasteiger partial charge in [0, 0.05) is 20.3 Å². The number of nitrogens with zero attached hydrogens (tertiary/aromatic N) is 3. The van der Waals surface area contributed by atoms with Gasteiger partial charge in [-0.25, -0.2) is 4.99 Å². The molecule has 0 saturated heterocycles. The second-order valence-electron chi connectivity index (χ2n) is 5.40. The number of aromatic nitrogens is 1. The number of aliphatic imine (C=N–C) groups is 1. The average Bonchev–Trinajstić information content (AvgIpc) is 2.61. The maximum Gasteiger partial charge on any atom is 0.271 e. The van der Waals surface area contributed by atoms with Gasteiger partial charge in [0.25, 0.3) is 11.8 Å². The normalized spacial score (nSPS) is 11.0. The van der Waals surface area contributed by atoms with Crippen LogP contribution in [-0.2, 0) is 0 Å². The van der Waals surface area contributed by atoms with Crippen LogP contribution in [0.5, 0.6) is 5.75 Å². The van der Waals surface area contributed by atoms with E-state index in [9.17, 15) is 9.59 Å². The molecular formula is C17H18ClN5O3. The molecule has 0 spiro atoms. The lowest BCUT2D eigenvalue weighted by Gasteiger charge is -2.09. The number of nitrogens with one attached hydrogen (secondary N) is 1. The number of benzene rings is 1. The second-order valence-corrected chi connectivity index (χ2v) is 5.81. The third kappa shape index (κ3) is 4.70. The minimum atomic E-state index is -0.498. The molecule has 0 radical (unpaired) electrons. The molecule has 0 bridgehead atoms. The molecule has 1 heterocycles. The van der Waals surface area contributed by atoms with E-state index in [4.69, 9.17) is 22.1 Å². The van der Waals surface area contributed by atoms with E-state index in [1.54, 1.807) is 32.3 Å². The highest BCUT2D eigenvalue weighted by atomic mass is 35.5. The lowest BCUT2D eigenvalue weighted by molar-refractivity contribution is 0.0821. The third-order valence-corrected chi connectivity index (χ3v) is 3.57. The molecule has 136 valence electrons. The van der Waals surface area contributed by atoms with Crippen molar-refractivity contribution < 1.29 is 14.3 Å². The monoisotopic (exact) mass is 375 g/mol. The number of guanidine groups is 1. The van der Waals surface area contributed by atoms with Gasteiger partial charge in [0.1, 0.15) is 11.4 Å². The van der Waals surface area contributed by atoms with Crippen molar-refractivity contribution in [1.82, 2.24) is 15.2 Å². The highest BCUT2D eigenvalue weighted by Gasteiger charge is 2.12. The summed E-state index contributed by atoms with van der Waals surface area (Å²) in [6.07, 6.45) is 1.30. The number of pyridine rings is 1. The summed E-state index contributed by atoms with van der Waals surface area (Å²) in [5.74, 6) is -0.354. The first kappa shape index (κ1) is 19.2. The van der Waals surface area contributed by atoms with E-state index in [2.05, 4.69) is 15.3 Å². The number of halogens is 1. The second kappa shape index (κ2) is 8.30. The number of carbonyl (C=O) groups is 2. The number of rotatable bonds is 4. The van der Waals surface area contributed by atoms with Crippen molar-refractivity contribution in [3.63, 3.8) is 0 Å². The molecule has 8 nitrogen and oxygen atoms in total.